The monoisotopic (exact) mass is 294 g/mol. The third-order valence-electron chi connectivity index (χ3n) is 2.48. The van der Waals surface area contributed by atoms with Crippen molar-refractivity contribution < 1.29 is 42.4 Å². The Kier molecular flexibility index (Phi) is 3.62. The van der Waals surface area contributed by atoms with E-state index in [2.05, 4.69) is 0 Å². The van der Waals surface area contributed by atoms with Crippen LogP contribution in [0.4, 0.5) is 13.2 Å². The van der Waals surface area contributed by atoms with E-state index >= 15 is 0 Å². The summed E-state index contributed by atoms with van der Waals surface area (Å²) in [6.45, 7) is -1.24. The highest BCUT2D eigenvalue weighted by Crippen LogP contribution is 2.38. The normalized spacial score (nSPS) is 15.0. The Bertz CT molecular complexity index is 528. The molecule has 2 rings (SSSR count). The molecule has 0 amide bonds. The summed E-state index contributed by atoms with van der Waals surface area (Å²) in [6, 6.07) is 2.19. The number of halogens is 3. The van der Waals surface area contributed by atoms with Crippen LogP contribution in [0.1, 0.15) is 10.4 Å². The molecule has 6 nitrogen and oxygen atoms in total. The topological polar surface area (TPSA) is 85.2 Å². The first-order chi connectivity index (χ1) is 9.29. The zero-order valence-corrected chi connectivity index (χ0v) is 9.81. The Balaban J connectivity index is 2.20. The fraction of sp³-hybridized carbons (Fsp3) is 0.364. The first-order valence-corrected chi connectivity index (χ1v) is 5.33. The molecule has 1 unspecified atom stereocenters. The molecule has 0 aliphatic carbocycles. The lowest BCUT2D eigenvalue weighted by molar-refractivity contribution is -0.210. The van der Waals surface area contributed by atoms with E-state index in [-0.39, 0.29) is 29.6 Å². The number of alkyl halides is 3. The largest absolute Gasteiger partial charge is 0.489 e. The minimum Gasteiger partial charge on any atom is -0.489 e. The highest BCUT2D eigenvalue weighted by Gasteiger charge is 2.39. The van der Waals surface area contributed by atoms with Crippen LogP contribution >= 0.6 is 0 Å². The molecule has 20 heavy (non-hydrogen) atoms. The Morgan fingerprint density at radius 1 is 1.35 bits per heavy atom. The number of hydrogen-bond acceptors (Lipinski definition) is 5. The van der Waals surface area contributed by atoms with E-state index in [1.54, 1.807) is 0 Å². The minimum absolute atomic E-state index is 0.122. The van der Waals surface area contributed by atoms with Gasteiger partial charge in [0.2, 0.25) is 6.79 Å². The van der Waals surface area contributed by atoms with Crippen LogP contribution in [0.25, 0.3) is 0 Å². The molecule has 1 aliphatic heterocycles. The number of carbonyl (C=O) groups is 1. The molecule has 1 aromatic carbocycles. The Morgan fingerprint density at radius 3 is 2.50 bits per heavy atom. The quantitative estimate of drug-likeness (QED) is 0.873. The summed E-state index contributed by atoms with van der Waals surface area (Å²) >= 11 is 0. The number of ether oxygens (including phenoxy) is 3. The molecule has 1 aromatic rings. The van der Waals surface area contributed by atoms with Crippen molar-refractivity contribution in [3.05, 3.63) is 17.7 Å². The van der Waals surface area contributed by atoms with Gasteiger partial charge in [-0.15, -0.1) is 0 Å². The fourth-order valence-electron chi connectivity index (χ4n) is 1.47. The minimum atomic E-state index is -4.85. The number of fused-ring (bicyclic) bond motifs is 1. The van der Waals surface area contributed by atoms with Gasteiger partial charge < -0.3 is 24.4 Å². The van der Waals surface area contributed by atoms with Crippen LogP contribution in [0, 0.1) is 0 Å². The molecule has 0 saturated heterocycles. The van der Waals surface area contributed by atoms with Crippen LogP contribution in [0.5, 0.6) is 17.2 Å². The predicted molar refractivity (Wildman–Crippen MR) is 57.1 cm³/mol. The van der Waals surface area contributed by atoms with E-state index in [0.717, 1.165) is 12.1 Å². The fourth-order valence-corrected chi connectivity index (χ4v) is 1.47. The second kappa shape index (κ2) is 5.08. The molecule has 1 atom stereocenters. The molecule has 0 fully saturated rings. The molecule has 0 radical (unpaired) electrons. The summed E-state index contributed by atoms with van der Waals surface area (Å²) < 4.78 is 51.1. The van der Waals surface area contributed by atoms with Crippen molar-refractivity contribution in [3.63, 3.8) is 0 Å². The number of aromatic carboxylic acids is 1. The summed E-state index contributed by atoms with van der Waals surface area (Å²) in [5, 5.41) is 17.8. The number of carboxylic acids is 1. The van der Waals surface area contributed by atoms with Crippen LogP contribution in [0.2, 0.25) is 0 Å². The van der Waals surface area contributed by atoms with Gasteiger partial charge >= 0.3 is 12.1 Å². The number of hydrogen-bond donors (Lipinski definition) is 2. The molecule has 2 N–H and O–H groups in total. The first kappa shape index (κ1) is 14.3. The summed E-state index contributed by atoms with van der Waals surface area (Å²) in [4.78, 5) is 11.0. The van der Waals surface area contributed by atoms with E-state index < -0.39 is 24.9 Å². The molecule has 0 spiro atoms. The van der Waals surface area contributed by atoms with Crippen molar-refractivity contribution in [1.29, 1.82) is 0 Å². The average molecular weight is 294 g/mol. The zero-order valence-electron chi connectivity index (χ0n) is 9.81. The molecule has 1 heterocycles. The van der Waals surface area contributed by atoms with Gasteiger partial charge in [-0.3, -0.25) is 0 Å². The van der Waals surface area contributed by atoms with E-state index in [4.69, 9.17) is 24.4 Å². The van der Waals surface area contributed by atoms with E-state index in [1.807, 2.05) is 0 Å². The van der Waals surface area contributed by atoms with Crippen LogP contribution in [-0.2, 0) is 0 Å². The van der Waals surface area contributed by atoms with Crippen molar-refractivity contribution >= 4 is 5.97 Å². The number of rotatable bonds is 4. The van der Waals surface area contributed by atoms with Gasteiger partial charge in [0.25, 0.3) is 0 Å². The van der Waals surface area contributed by atoms with Gasteiger partial charge in [0.15, 0.2) is 17.6 Å². The lowest BCUT2D eigenvalue weighted by atomic mass is 10.1. The first-order valence-electron chi connectivity index (χ1n) is 5.33. The average Bonchev–Trinajstić information content (AvgIpc) is 2.80. The maximum atomic E-state index is 12.1. The molecule has 110 valence electrons. The summed E-state index contributed by atoms with van der Waals surface area (Å²) in [5.41, 5.74) is -0.386. The van der Waals surface area contributed by atoms with Crippen molar-refractivity contribution in [2.75, 3.05) is 13.4 Å². The van der Waals surface area contributed by atoms with Gasteiger partial charge in [-0.05, 0) is 0 Å². The van der Waals surface area contributed by atoms with Crippen LogP contribution < -0.4 is 14.2 Å². The van der Waals surface area contributed by atoms with Crippen molar-refractivity contribution in [2.45, 2.75) is 12.3 Å². The van der Waals surface area contributed by atoms with E-state index in [0.29, 0.717) is 0 Å². The van der Waals surface area contributed by atoms with Gasteiger partial charge in [-0.2, -0.15) is 13.2 Å². The second-order valence-electron chi connectivity index (χ2n) is 3.88. The standard InChI is InChI=1S/C11H9F3O6/c12-11(13,14)9(15)3-18-6-2-8-7(19-4-20-8)1-5(6)10(16)17/h1-2,9,15H,3-4H2,(H,16,17). The van der Waals surface area contributed by atoms with E-state index in [1.165, 1.54) is 0 Å². The van der Waals surface area contributed by atoms with Gasteiger partial charge in [0, 0.05) is 12.1 Å². The lowest BCUT2D eigenvalue weighted by Crippen LogP contribution is -2.34. The highest BCUT2D eigenvalue weighted by molar-refractivity contribution is 5.92. The zero-order chi connectivity index (χ0) is 14.9. The summed E-state index contributed by atoms with van der Waals surface area (Å²) in [6.07, 6.45) is -7.56. The predicted octanol–water partition coefficient (Wildman–Crippen LogP) is 1.42. The van der Waals surface area contributed by atoms with Crippen LogP contribution in [0.3, 0.4) is 0 Å². The number of benzene rings is 1. The van der Waals surface area contributed by atoms with Gasteiger partial charge in [-0.1, -0.05) is 0 Å². The van der Waals surface area contributed by atoms with Crippen LogP contribution in [0.15, 0.2) is 12.1 Å². The lowest BCUT2D eigenvalue weighted by Gasteiger charge is -2.16. The molecular formula is C11H9F3O6. The molecule has 0 aromatic heterocycles. The Morgan fingerprint density at radius 2 is 1.95 bits per heavy atom. The van der Waals surface area contributed by atoms with Crippen LogP contribution in [-0.4, -0.2) is 41.9 Å². The molecule has 0 saturated carbocycles. The second-order valence-corrected chi connectivity index (χ2v) is 3.88. The number of aliphatic hydroxyl groups excluding tert-OH is 1. The third kappa shape index (κ3) is 2.87. The smallest absolute Gasteiger partial charge is 0.417 e. The Labute approximate surface area is 110 Å². The molecule has 0 bridgehead atoms. The molecule has 9 heteroatoms. The Hall–Kier alpha value is -2.16. The molecular weight excluding hydrogens is 285 g/mol. The number of aliphatic hydroxyl groups is 1. The summed E-state index contributed by atoms with van der Waals surface area (Å²) in [5.74, 6) is -1.43. The molecule has 1 aliphatic rings. The summed E-state index contributed by atoms with van der Waals surface area (Å²) in [7, 11) is 0. The maximum absolute atomic E-state index is 12.1. The SMILES string of the molecule is O=C(O)c1cc2c(cc1OCC(O)C(F)(F)F)OCO2. The van der Waals surface area contributed by atoms with Gasteiger partial charge in [-0.25, -0.2) is 4.79 Å². The third-order valence-corrected chi connectivity index (χ3v) is 2.48. The highest BCUT2D eigenvalue weighted by atomic mass is 19.4. The van der Waals surface area contributed by atoms with Crippen molar-refractivity contribution in [2.24, 2.45) is 0 Å². The van der Waals surface area contributed by atoms with Gasteiger partial charge in [0.05, 0.1) is 0 Å². The number of carboxylic acid groups (broad SMARTS) is 1. The van der Waals surface area contributed by atoms with Gasteiger partial charge in [0.1, 0.15) is 17.9 Å². The maximum Gasteiger partial charge on any atom is 0.417 e. The van der Waals surface area contributed by atoms with Crippen molar-refractivity contribution in [1.82, 2.24) is 0 Å². The van der Waals surface area contributed by atoms with E-state index in [9.17, 15) is 18.0 Å². The van der Waals surface area contributed by atoms with Crippen molar-refractivity contribution in [3.8, 4) is 17.2 Å².